The molecule has 13 heavy (non-hydrogen) atoms. The van der Waals surface area contributed by atoms with E-state index in [0.717, 1.165) is 12.8 Å². The average Bonchev–Trinajstić information content (AvgIpc) is 2.41. The summed E-state index contributed by atoms with van der Waals surface area (Å²) in [5, 5.41) is 7.08. The second-order valence-corrected chi connectivity index (χ2v) is 3.54. The maximum absolute atomic E-state index is 7.08. The molecule has 0 bridgehead atoms. The summed E-state index contributed by atoms with van der Waals surface area (Å²) in [6.07, 6.45) is 7.61. The Labute approximate surface area is 80.4 Å². The molecular weight excluding hydrogens is 158 g/mol. The summed E-state index contributed by atoms with van der Waals surface area (Å²) in [7, 11) is 0. The molecule has 1 aliphatic carbocycles. The third kappa shape index (κ3) is 2.18. The molecule has 0 atom stereocenters. The Morgan fingerprint density at radius 2 is 2.23 bits per heavy atom. The molecule has 0 radical (unpaired) electrons. The number of rotatable bonds is 3. The standard InChI is InChI=1S/C12H17N/c1-4-11(5-6-13)12-8-9(2)7-10(12)3/h5-7,13H,4,8H2,1-3H3/b11-5+,13-6?. The van der Waals surface area contributed by atoms with Crippen LogP contribution in [0, 0.1) is 5.41 Å². The van der Waals surface area contributed by atoms with Gasteiger partial charge in [0.25, 0.3) is 0 Å². The molecule has 0 aromatic rings. The zero-order valence-electron chi connectivity index (χ0n) is 8.65. The van der Waals surface area contributed by atoms with E-state index < -0.39 is 0 Å². The van der Waals surface area contributed by atoms with Gasteiger partial charge in [-0.05, 0) is 49.5 Å². The summed E-state index contributed by atoms with van der Waals surface area (Å²) in [5.41, 5.74) is 5.52. The smallest absolute Gasteiger partial charge is 0.0180 e. The molecule has 70 valence electrons. The second-order valence-electron chi connectivity index (χ2n) is 3.54. The lowest BCUT2D eigenvalue weighted by atomic mass is 9.98. The van der Waals surface area contributed by atoms with Gasteiger partial charge in [0.2, 0.25) is 0 Å². The van der Waals surface area contributed by atoms with E-state index in [9.17, 15) is 0 Å². The van der Waals surface area contributed by atoms with Crippen LogP contribution in [0.1, 0.15) is 33.6 Å². The van der Waals surface area contributed by atoms with Gasteiger partial charge in [0.15, 0.2) is 0 Å². The van der Waals surface area contributed by atoms with Crippen LogP contribution in [0.5, 0.6) is 0 Å². The molecule has 0 saturated heterocycles. The van der Waals surface area contributed by atoms with E-state index in [1.807, 2.05) is 6.08 Å². The van der Waals surface area contributed by atoms with Crippen LogP contribution in [0.25, 0.3) is 0 Å². The fourth-order valence-electron chi connectivity index (χ4n) is 1.83. The predicted molar refractivity (Wildman–Crippen MR) is 58.2 cm³/mol. The van der Waals surface area contributed by atoms with Crippen molar-refractivity contribution in [3.05, 3.63) is 34.4 Å². The first-order chi connectivity index (χ1) is 6.19. The van der Waals surface area contributed by atoms with Gasteiger partial charge in [0.1, 0.15) is 0 Å². The van der Waals surface area contributed by atoms with E-state index in [1.165, 1.54) is 28.5 Å². The Hall–Kier alpha value is -1.11. The summed E-state index contributed by atoms with van der Waals surface area (Å²) in [4.78, 5) is 0. The first-order valence-electron chi connectivity index (χ1n) is 4.76. The minimum absolute atomic E-state index is 1.02. The average molecular weight is 175 g/mol. The largest absolute Gasteiger partial charge is 0.309 e. The van der Waals surface area contributed by atoms with Crippen LogP contribution < -0.4 is 0 Å². The summed E-state index contributed by atoms with van der Waals surface area (Å²) in [6.45, 7) is 6.46. The van der Waals surface area contributed by atoms with Crippen molar-refractivity contribution in [1.29, 1.82) is 5.41 Å². The van der Waals surface area contributed by atoms with E-state index >= 15 is 0 Å². The van der Waals surface area contributed by atoms with E-state index in [2.05, 4.69) is 26.8 Å². The zero-order chi connectivity index (χ0) is 9.84. The van der Waals surface area contributed by atoms with Gasteiger partial charge in [-0.3, -0.25) is 0 Å². The molecule has 0 saturated carbocycles. The molecule has 1 rings (SSSR count). The van der Waals surface area contributed by atoms with Crippen molar-refractivity contribution in [1.82, 2.24) is 0 Å². The number of hydrogen-bond acceptors (Lipinski definition) is 1. The van der Waals surface area contributed by atoms with Crippen molar-refractivity contribution in [2.75, 3.05) is 0 Å². The van der Waals surface area contributed by atoms with E-state index in [4.69, 9.17) is 5.41 Å². The summed E-state index contributed by atoms with van der Waals surface area (Å²) >= 11 is 0. The van der Waals surface area contributed by atoms with Crippen LogP contribution >= 0.6 is 0 Å². The highest BCUT2D eigenvalue weighted by Gasteiger charge is 2.12. The minimum Gasteiger partial charge on any atom is -0.309 e. The van der Waals surface area contributed by atoms with Crippen LogP contribution in [0.15, 0.2) is 34.4 Å². The lowest BCUT2D eigenvalue weighted by Crippen LogP contribution is -1.89. The molecule has 0 heterocycles. The van der Waals surface area contributed by atoms with E-state index in [-0.39, 0.29) is 0 Å². The first kappa shape index (κ1) is 9.97. The van der Waals surface area contributed by atoms with Gasteiger partial charge in [-0.2, -0.15) is 0 Å². The fraction of sp³-hybridized carbons (Fsp3) is 0.417. The maximum atomic E-state index is 7.08. The Kier molecular flexibility index (Phi) is 3.24. The first-order valence-corrected chi connectivity index (χ1v) is 4.76. The Balaban J connectivity index is 2.91. The topological polar surface area (TPSA) is 23.9 Å². The lowest BCUT2D eigenvalue weighted by molar-refractivity contribution is 1.05. The molecule has 0 unspecified atom stereocenters. The van der Waals surface area contributed by atoms with Crippen molar-refractivity contribution in [2.45, 2.75) is 33.6 Å². The normalized spacial score (nSPS) is 17.8. The fourth-order valence-corrected chi connectivity index (χ4v) is 1.83. The third-order valence-corrected chi connectivity index (χ3v) is 2.45. The van der Waals surface area contributed by atoms with Crippen LogP contribution in [-0.2, 0) is 0 Å². The molecule has 0 fully saturated rings. The highest BCUT2D eigenvalue weighted by molar-refractivity contribution is 5.71. The van der Waals surface area contributed by atoms with Crippen LogP contribution in [0.3, 0.4) is 0 Å². The zero-order valence-corrected chi connectivity index (χ0v) is 8.65. The predicted octanol–water partition coefficient (Wildman–Crippen LogP) is 3.64. The second kappa shape index (κ2) is 4.22. The third-order valence-electron chi connectivity index (χ3n) is 2.45. The summed E-state index contributed by atoms with van der Waals surface area (Å²) < 4.78 is 0. The number of allylic oxidation sites excluding steroid dienone is 6. The van der Waals surface area contributed by atoms with Crippen molar-refractivity contribution in [3.63, 3.8) is 0 Å². The van der Waals surface area contributed by atoms with Gasteiger partial charge in [0.05, 0.1) is 0 Å². The van der Waals surface area contributed by atoms with Crippen molar-refractivity contribution < 1.29 is 0 Å². The quantitative estimate of drug-likeness (QED) is 0.633. The molecule has 0 aliphatic heterocycles. The molecule has 0 amide bonds. The summed E-state index contributed by atoms with van der Waals surface area (Å²) in [5.74, 6) is 0. The van der Waals surface area contributed by atoms with Gasteiger partial charge in [-0.15, -0.1) is 0 Å². The molecule has 0 spiro atoms. The molecule has 0 aromatic carbocycles. The highest BCUT2D eigenvalue weighted by Crippen LogP contribution is 2.31. The van der Waals surface area contributed by atoms with E-state index in [0.29, 0.717) is 0 Å². The minimum atomic E-state index is 1.02. The Morgan fingerprint density at radius 1 is 1.54 bits per heavy atom. The van der Waals surface area contributed by atoms with E-state index in [1.54, 1.807) is 0 Å². The SMILES string of the molecule is CC/C(=C\C=N)C1=C(C)C=C(C)C1. The molecular formula is C12H17N. The lowest BCUT2D eigenvalue weighted by Gasteiger charge is -2.07. The Bertz CT molecular complexity index is 303. The van der Waals surface area contributed by atoms with Gasteiger partial charge in [-0.1, -0.05) is 18.6 Å². The molecule has 1 N–H and O–H groups in total. The number of nitrogens with one attached hydrogen (secondary N) is 1. The molecule has 1 heteroatoms. The van der Waals surface area contributed by atoms with Crippen molar-refractivity contribution in [3.8, 4) is 0 Å². The van der Waals surface area contributed by atoms with Gasteiger partial charge in [-0.25, -0.2) is 0 Å². The number of hydrogen-bond donors (Lipinski definition) is 1. The van der Waals surface area contributed by atoms with Crippen molar-refractivity contribution >= 4 is 6.21 Å². The van der Waals surface area contributed by atoms with Gasteiger partial charge < -0.3 is 5.41 Å². The summed E-state index contributed by atoms with van der Waals surface area (Å²) in [6, 6.07) is 0. The monoisotopic (exact) mass is 175 g/mol. The molecule has 0 aromatic heterocycles. The Morgan fingerprint density at radius 3 is 2.62 bits per heavy atom. The van der Waals surface area contributed by atoms with Gasteiger partial charge in [0, 0.05) is 6.21 Å². The molecule has 1 nitrogen and oxygen atoms in total. The highest BCUT2D eigenvalue weighted by atomic mass is 14.3. The molecule has 1 aliphatic rings. The van der Waals surface area contributed by atoms with Crippen molar-refractivity contribution in [2.24, 2.45) is 0 Å². The maximum Gasteiger partial charge on any atom is 0.0180 e. The van der Waals surface area contributed by atoms with Crippen LogP contribution in [-0.4, -0.2) is 6.21 Å². The van der Waals surface area contributed by atoms with Crippen LogP contribution in [0.4, 0.5) is 0 Å². The van der Waals surface area contributed by atoms with Crippen LogP contribution in [0.2, 0.25) is 0 Å². The van der Waals surface area contributed by atoms with Gasteiger partial charge >= 0.3 is 0 Å².